The maximum absolute atomic E-state index is 9.00. The predicted molar refractivity (Wildman–Crippen MR) is 59.6 cm³/mol. The Morgan fingerprint density at radius 2 is 2.29 bits per heavy atom. The molecule has 1 aromatic rings. The normalized spacial score (nSPS) is 24.0. The van der Waals surface area contributed by atoms with Crippen molar-refractivity contribution in [1.29, 1.82) is 5.26 Å². The number of hydrogen-bond acceptors (Lipinski definition) is 2. The molecule has 0 bridgehead atoms. The van der Waals surface area contributed by atoms with Gasteiger partial charge < -0.3 is 0 Å². The van der Waals surface area contributed by atoms with Crippen molar-refractivity contribution in [1.82, 2.24) is 0 Å². The third-order valence-electron chi connectivity index (χ3n) is 3.01. The van der Waals surface area contributed by atoms with Gasteiger partial charge in [0.15, 0.2) is 0 Å². The van der Waals surface area contributed by atoms with Crippen molar-refractivity contribution in [3.63, 3.8) is 0 Å². The summed E-state index contributed by atoms with van der Waals surface area (Å²) >= 11 is 1.76. The molecule has 14 heavy (non-hydrogen) atoms. The van der Waals surface area contributed by atoms with Crippen LogP contribution in [0.25, 0.3) is 0 Å². The summed E-state index contributed by atoms with van der Waals surface area (Å²) in [5.41, 5.74) is 2.59. The number of nitriles is 1. The Balaban J connectivity index is 2.49. The lowest BCUT2D eigenvalue weighted by atomic mass is 9.72. The second kappa shape index (κ2) is 3.10. The summed E-state index contributed by atoms with van der Waals surface area (Å²) < 4.78 is 0. The molecule has 1 aliphatic carbocycles. The van der Waals surface area contributed by atoms with E-state index in [0.29, 0.717) is 11.3 Å². The van der Waals surface area contributed by atoms with E-state index in [4.69, 9.17) is 5.26 Å². The van der Waals surface area contributed by atoms with Crippen LogP contribution in [0.2, 0.25) is 0 Å². The number of nitrogens with zero attached hydrogens (tertiary/aromatic N) is 1. The van der Waals surface area contributed by atoms with E-state index in [-0.39, 0.29) is 0 Å². The van der Waals surface area contributed by atoms with E-state index < -0.39 is 0 Å². The van der Waals surface area contributed by atoms with Crippen molar-refractivity contribution < 1.29 is 0 Å². The number of hydrogen-bond donors (Lipinski definition) is 0. The van der Waals surface area contributed by atoms with Crippen LogP contribution in [0.3, 0.4) is 0 Å². The van der Waals surface area contributed by atoms with Gasteiger partial charge in [0.1, 0.15) is 6.07 Å². The lowest BCUT2D eigenvalue weighted by Crippen LogP contribution is -2.23. The number of rotatable bonds is 0. The van der Waals surface area contributed by atoms with Crippen molar-refractivity contribution in [2.24, 2.45) is 5.41 Å². The van der Waals surface area contributed by atoms with Gasteiger partial charge in [-0.1, -0.05) is 20.8 Å². The van der Waals surface area contributed by atoms with E-state index in [9.17, 15) is 0 Å². The fourth-order valence-electron chi connectivity index (χ4n) is 2.56. The molecule has 1 nitrogen and oxygen atoms in total. The van der Waals surface area contributed by atoms with Gasteiger partial charge in [0, 0.05) is 10.3 Å². The second-order valence-electron chi connectivity index (χ2n) is 5.05. The first-order valence-electron chi connectivity index (χ1n) is 5.04. The maximum Gasteiger partial charge on any atom is 0.100 e. The van der Waals surface area contributed by atoms with Gasteiger partial charge in [0.05, 0.1) is 5.56 Å². The first-order chi connectivity index (χ1) is 6.53. The van der Waals surface area contributed by atoms with Gasteiger partial charge >= 0.3 is 0 Å². The molecule has 0 aromatic carbocycles. The molecule has 0 saturated carbocycles. The van der Waals surface area contributed by atoms with Gasteiger partial charge in [-0.15, -0.1) is 11.3 Å². The van der Waals surface area contributed by atoms with Gasteiger partial charge in [-0.25, -0.2) is 0 Å². The summed E-state index contributed by atoms with van der Waals surface area (Å²) in [5, 5.41) is 11.0. The fourth-order valence-corrected chi connectivity index (χ4v) is 3.64. The van der Waals surface area contributed by atoms with E-state index >= 15 is 0 Å². The SMILES string of the molecule is CC1CC(C)(C)Cc2c(C#N)csc21. The smallest absolute Gasteiger partial charge is 0.100 e. The first-order valence-corrected chi connectivity index (χ1v) is 5.92. The van der Waals surface area contributed by atoms with Gasteiger partial charge in [0.25, 0.3) is 0 Å². The highest BCUT2D eigenvalue weighted by Gasteiger charge is 2.32. The zero-order valence-electron chi connectivity index (χ0n) is 8.92. The molecule has 1 atom stereocenters. The van der Waals surface area contributed by atoms with Crippen molar-refractivity contribution in [3.8, 4) is 6.07 Å². The van der Waals surface area contributed by atoms with Crippen LogP contribution in [0.15, 0.2) is 5.38 Å². The van der Waals surface area contributed by atoms with Gasteiger partial charge in [-0.2, -0.15) is 5.26 Å². The predicted octanol–water partition coefficient (Wildman–Crippen LogP) is 3.70. The summed E-state index contributed by atoms with van der Waals surface area (Å²) in [4.78, 5) is 1.45. The zero-order chi connectivity index (χ0) is 10.3. The maximum atomic E-state index is 9.00. The molecule has 0 spiro atoms. The average molecular weight is 205 g/mol. The van der Waals surface area contributed by atoms with E-state index in [1.165, 1.54) is 16.9 Å². The minimum atomic E-state index is 0.360. The zero-order valence-corrected chi connectivity index (χ0v) is 9.74. The van der Waals surface area contributed by atoms with Crippen LogP contribution in [0.1, 0.15) is 49.1 Å². The van der Waals surface area contributed by atoms with Crippen molar-refractivity contribution in [3.05, 3.63) is 21.4 Å². The first kappa shape index (κ1) is 9.73. The van der Waals surface area contributed by atoms with Crippen LogP contribution < -0.4 is 0 Å². The Kier molecular flexibility index (Phi) is 2.16. The van der Waals surface area contributed by atoms with E-state index in [1.54, 1.807) is 11.3 Å². The topological polar surface area (TPSA) is 23.8 Å². The Morgan fingerprint density at radius 1 is 1.57 bits per heavy atom. The molecular formula is C12H15NS. The molecule has 0 amide bonds. The molecule has 0 aliphatic heterocycles. The lowest BCUT2D eigenvalue weighted by Gasteiger charge is -2.33. The highest BCUT2D eigenvalue weighted by atomic mass is 32.1. The molecular weight excluding hydrogens is 190 g/mol. The minimum Gasteiger partial charge on any atom is -0.192 e. The largest absolute Gasteiger partial charge is 0.192 e. The molecule has 0 N–H and O–H groups in total. The number of fused-ring (bicyclic) bond motifs is 1. The minimum absolute atomic E-state index is 0.360. The van der Waals surface area contributed by atoms with Crippen LogP contribution in [0.4, 0.5) is 0 Å². The molecule has 1 aromatic heterocycles. The monoisotopic (exact) mass is 205 g/mol. The quantitative estimate of drug-likeness (QED) is 0.633. The van der Waals surface area contributed by atoms with Crippen LogP contribution in [0.5, 0.6) is 0 Å². The summed E-state index contributed by atoms with van der Waals surface area (Å²) in [6.45, 7) is 6.87. The van der Waals surface area contributed by atoms with E-state index in [0.717, 1.165) is 12.0 Å². The highest BCUT2D eigenvalue weighted by molar-refractivity contribution is 7.10. The summed E-state index contributed by atoms with van der Waals surface area (Å²) in [7, 11) is 0. The second-order valence-corrected chi connectivity index (χ2v) is 5.96. The third kappa shape index (κ3) is 1.46. The third-order valence-corrected chi connectivity index (χ3v) is 4.26. The fraction of sp³-hybridized carbons (Fsp3) is 0.583. The molecule has 1 aliphatic rings. The van der Waals surface area contributed by atoms with E-state index in [1.807, 2.05) is 5.38 Å². The van der Waals surface area contributed by atoms with Gasteiger partial charge in [-0.3, -0.25) is 0 Å². The summed E-state index contributed by atoms with van der Waals surface area (Å²) in [6, 6.07) is 2.30. The summed E-state index contributed by atoms with van der Waals surface area (Å²) in [6.07, 6.45) is 2.31. The highest BCUT2D eigenvalue weighted by Crippen LogP contribution is 2.45. The molecule has 2 heteroatoms. The summed E-state index contributed by atoms with van der Waals surface area (Å²) in [5.74, 6) is 0.626. The molecule has 0 radical (unpaired) electrons. The Hall–Kier alpha value is -0.810. The van der Waals surface area contributed by atoms with Gasteiger partial charge in [-0.05, 0) is 29.7 Å². The molecule has 74 valence electrons. The average Bonchev–Trinajstić information content (AvgIpc) is 2.45. The Labute approximate surface area is 89.4 Å². The van der Waals surface area contributed by atoms with Crippen LogP contribution in [0, 0.1) is 16.7 Å². The molecule has 0 fully saturated rings. The van der Waals surface area contributed by atoms with Gasteiger partial charge in [0.2, 0.25) is 0 Å². The standard InChI is InChI=1S/C12H15NS/c1-8-4-12(2,3)5-10-9(6-13)7-14-11(8)10/h7-8H,4-5H2,1-3H3. The molecule has 1 heterocycles. The number of thiophene rings is 1. The Morgan fingerprint density at radius 3 is 2.93 bits per heavy atom. The van der Waals surface area contributed by atoms with E-state index in [2.05, 4.69) is 26.8 Å². The van der Waals surface area contributed by atoms with Crippen molar-refractivity contribution in [2.75, 3.05) is 0 Å². The van der Waals surface area contributed by atoms with Crippen LogP contribution in [-0.4, -0.2) is 0 Å². The lowest BCUT2D eigenvalue weighted by molar-refractivity contribution is 0.291. The molecule has 2 rings (SSSR count). The van der Waals surface area contributed by atoms with Crippen molar-refractivity contribution in [2.45, 2.75) is 39.5 Å². The Bertz CT molecular complexity index is 395. The van der Waals surface area contributed by atoms with Crippen LogP contribution in [-0.2, 0) is 6.42 Å². The van der Waals surface area contributed by atoms with Crippen LogP contribution >= 0.6 is 11.3 Å². The van der Waals surface area contributed by atoms with Crippen molar-refractivity contribution >= 4 is 11.3 Å². The molecule has 1 unspecified atom stereocenters. The molecule has 0 saturated heterocycles.